The van der Waals surface area contributed by atoms with Gasteiger partial charge in [-0.1, -0.05) is 13.3 Å². The van der Waals surface area contributed by atoms with Gasteiger partial charge in [0.1, 0.15) is 0 Å². The second kappa shape index (κ2) is 6.48. The van der Waals surface area contributed by atoms with Gasteiger partial charge in [-0.05, 0) is 13.3 Å². The van der Waals surface area contributed by atoms with Crippen LogP contribution in [0, 0.1) is 0 Å². The summed E-state index contributed by atoms with van der Waals surface area (Å²) in [5.41, 5.74) is 5.71. The van der Waals surface area contributed by atoms with Crippen LogP contribution in [-0.2, 0) is 9.53 Å². The van der Waals surface area contributed by atoms with E-state index in [0.717, 1.165) is 18.9 Å². The molecule has 0 saturated carbocycles. The number of hydrogen-bond donors (Lipinski definition) is 2. The summed E-state index contributed by atoms with van der Waals surface area (Å²) in [6.07, 6.45) is 2.67. The molecule has 0 saturated heterocycles. The fourth-order valence-electron chi connectivity index (χ4n) is 0.761. The predicted molar refractivity (Wildman–Crippen MR) is 50.2 cm³/mol. The Labute approximate surface area is 78.4 Å². The highest BCUT2D eigenvalue weighted by atomic mass is 16.5. The first-order chi connectivity index (χ1) is 6.07. The number of rotatable bonds is 6. The topological polar surface area (TPSA) is 72.5 Å². The fourth-order valence-corrected chi connectivity index (χ4v) is 0.761. The first-order valence-electron chi connectivity index (χ1n) is 4.39. The Morgan fingerprint density at radius 3 is 2.77 bits per heavy atom. The summed E-state index contributed by atoms with van der Waals surface area (Å²) in [5.74, 6) is -1.04. The van der Waals surface area contributed by atoms with Crippen LogP contribution in [0.5, 0.6) is 0 Å². The van der Waals surface area contributed by atoms with Crippen molar-refractivity contribution in [1.82, 2.24) is 0 Å². The van der Waals surface area contributed by atoms with Crippen molar-refractivity contribution < 1.29 is 14.6 Å². The van der Waals surface area contributed by atoms with E-state index in [-0.39, 0.29) is 11.8 Å². The van der Waals surface area contributed by atoms with Crippen molar-refractivity contribution in [2.45, 2.75) is 32.8 Å². The van der Waals surface area contributed by atoms with Gasteiger partial charge in [-0.25, -0.2) is 4.79 Å². The normalized spacial score (nSPS) is 14.2. The Morgan fingerprint density at radius 1 is 1.69 bits per heavy atom. The Kier molecular flexibility index (Phi) is 5.97. The summed E-state index contributed by atoms with van der Waals surface area (Å²) in [6.45, 7) is 4.42. The molecule has 0 aliphatic heterocycles. The maximum absolute atomic E-state index is 10.2. The van der Waals surface area contributed by atoms with Crippen LogP contribution in [0.4, 0.5) is 0 Å². The average Bonchev–Trinajstić information content (AvgIpc) is 2.03. The first-order valence-corrected chi connectivity index (χ1v) is 4.39. The van der Waals surface area contributed by atoms with Crippen LogP contribution in [-0.4, -0.2) is 23.8 Å². The van der Waals surface area contributed by atoms with E-state index in [1.165, 1.54) is 0 Å². The largest absolute Gasteiger partial charge is 0.478 e. The molecule has 1 atom stereocenters. The smallest absolute Gasteiger partial charge is 0.330 e. The Morgan fingerprint density at radius 2 is 2.31 bits per heavy atom. The average molecular weight is 187 g/mol. The minimum absolute atomic E-state index is 0.253. The zero-order chi connectivity index (χ0) is 10.3. The molecule has 1 unspecified atom stereocenters. The van der Waals surface area contributed by atoms with Gasteiger partial charge >= 0.3 is 5.97 Å². The van der Waals surface area contributed by atoms with Crippen molar-refractivity contribution in [3.05, 3.63) is 11.8 Å². The van der Waals surface area contributed by atoms with Crippen LogP contribution < -0.4 is 5.73 Å². The first kappa shape index (κ1) is 12.0. The number of carboxylic acids is 1. The maximum atomic E-state index is 10.2. The predicted octanol–water partition coefficient (Wildman–Crippen LogP) is 1.12. The third-order valence-electron chi connectivity index (χ3n) is 1.63. The number of nitrogens with two attached hydrogens (primary N) is 1. The molecule has 0 bridgehead atoms. The standard InChI is InChI=1S/C9H17NO3/c1-3-4-5-13-7(2)8(10)6-9(11)12/h6-7H,3-5,10H2,1-2H3,(H,11,12)/b8-6-. The Balaban J connectivity index is 3.82. The Hall–Kier alpha value is -1.03. The van der Waals surface area contributed by atoms with Crippen molar-refractivity contribution >= 4 is 5.97 Å². The van der Waals surface area contributed by atoms with Crippen LogP contribution in [0.3, 0.4) is 0 Å². The lowest BCUT2D eigenvalue weighted by molar-refractivity contribution is -0.131. The minimum atomic E-state index is -1.04. The molecule has 0 rings (SSSR count). The van der Waals surface area contributed by atoms with Gasteiger partial charge in [0.2, 0.25) is 0 Å². The maximum Gasteiger partial charge on any atom is 0.330 e. The van der Waals surface area contributed by atoms with Crippen LogP contribution in [0.25, 0.3) is 0 Å². The fraction of sp³-hybridized carbons (Fsp3) is 0.667. The quantitative estimate of drug-likeness (QED) is 0.482. The van der Waals surface area contributed by atoms with Crippen molar-refractivity contribution in [3.8, 4) is 0 Å². The minimum Gasteiger partial charge on any atom is -0.478 e. The summed E-state index contributed by atoms with van der Waals surface area (Å²) >= 11 is 0. The number of ether oxygens (including phenoxy) is 1. The molecule has 4 nitrogen and oxygen atoms in total. The molecule has 0 aromatic heterocycles. The van der Waals surface area contributed by atoms with E-state index in [2.05, 4.69) is 6.92 Å². The lowest BCUT2D eigenvalue weighted by Crippen LogP contribution is -2.19. The molecule has 0 heterocycles. The summed E-state index contributed by atoms with van der Waals surface area (Å²) in [4.78, 5) is 10.2. The molecule has 0 amide bonds. The molecule has 76 valence electrons. The van der Waals surface area contributed by atoms with E-state index in [1.807, 2.05) is 0 Å². The monoisotopic (exact) mass is 187 g/mol. The van der Waals surface area contributed by atoms with Crippen molar-refractivity contribution in [2.24, 2.45) is 5.73 Å². The summed E-state index contributed by atoms with van der Waals surface area (Å²) < 4.78 is 5.29. The molecule has 0 aliphatic carbocycles. The molecule has 0 radical (unpaired) electrons. The SMILES string of the molecule is CCCCOC(C)/C(N)=C/C(=O)O. The van der Waals surface area contributed by atoms with Gasteiger partial charge in [-0.2, -0.15) is 0 Å². The van der Waals surface area contributed by atoms with Crippen LogP contribution in [0.2, 0.25) is 0 Å². The van der Waals surface area contributed by atoms with E-state index in [9.17, 15) is 4.79 Å². The second-order valence-electron chi connectivity index (χ2n) is 2.85. The van der Waals surface area contributed by atoms with Crippen molar-refractivity contribution in [1.29, 1.82) is 0 Å². The number of carboxylic acid groups (broad SMARTS) is 1. The van der Waals surface area contributed by atoms with Gasteiger partial charge in [0.15, 0.2) is 0 Å². The zero-order valence-corrected chi connectivity index (χ0v) is 8.12. The van der Waals surface area contributed by atoms with Gasteiger partial charge < -0.3 is 15.6 Å². The molecule has 0 aromatic carbocycles. The second-order valence-corrected chi connectivity index (χ2v) is 2.85. The molecular formula is C9H17NO3. The van der Waals surface area contributed by atoms with Gasteiger partial charge in [0, 0.05) is 18.4 Å². The highest BCUT2D eigenvalue weighted by Gasteiger charge is 2.06. The van der Waals surface area contributed by atoms with E-state index in [0.29, 0.717) is 6.61 Å². The molecule has 0 fully saturated rings. The third-order valence-corrected chi connectivity index (χ3v) is 1.63. The Bertz CT molecular complexity index is 189. The van der Waals surface area contributed by atoms with Gasteiger partial charge in [-0.3, -0.25) is 0 Å². The number of aliphatic carboxylic acids is 1. The lowest BCUT2D eigenvalue weighted by Gasteiger charge is -2.12. The summed E-state index contributed by atoms with van der Waals surface area (Å²) in [5, 5.41) is 8.39. The highest BCUT2D eigenvalue weighted by molar-refractivity contribution is 5.80. The molecule has 0 aliphatic rings. The van der Waals surface area contributed by atoms with Crippen molar-refractivity contribution in [3.63, 3.8) is 0 Å². The van der Waals surface area contributed by atoms with Crippen LogP contribution in [0.15, 0.2) is 11.8 Å². The lowest BCUT2D eigenvalue weighted by atomic mass is 10.2. The molecule has 0 aromatic rings. The molecule has 4 heteroatoms. The molecular weight excluding hydrogens is 170 g/mol. The van der Waals surface area contributed by atoms with E-state index in [4.69, 9.17) is 15.6 Å². The summed E-state index contributed by atoms with van der Waals surface area (Å²) in [6, 6.07) is 0. The van der Waals surface area contributed by atoms with Gasteiger partial charge in [0.25, 0.3) is 0 Å². The third kappa shape index (κ3) is 6.16. The van der Waals surface area contributed by atoms with Gasteiger partial charge in [-0.15, -0.1) is 0 Å². The van der Waals surface area contributed by atoms with E-state index in [1.54, 1.807) is 6.92 Å². The highest BCUT2D eigenvalue weighted by Crippen LogP contribution is 2.01. The van der Waals surface area contributed by atoms with Crippen molar-refractivity contribution in [2.75, 3.05) is 6.61 Å². The molecule has 3 N–H and O–H groups in total. The molecule has 13 heavy (non-hydrogen) atoms. The van der Waals surface area contributed by atoms with Crippen LogP contribution in [0.1, 0.15) is 26.7 Å². The molecule has 0 spiro atoms. The zero-order valence-electron chi connectivity index (χ0n) is 8.12. The number of hydrogen-bond acceptors (Lipinski definition) is 3. The van der Waals surface area contributed by atoms with Gasteiger partial charge in [0.05, 0.1) is 6.10 Å². The number of unbranched alkanes of at least 4 members (excludes halogenated alkanes) is 1. The van der Waals surface area contributed by atoms with E-state index >= 15 is 0 Å². The van der Waals surface area contributed by atoms with E-state index < -0.39 is 5.97 Å². The van der Waals surface area contributed by atoms with Crippen LogP contribution >= 0.6 is 0 Å². The summed E-state index contributed by atoms with van der Waals surface area (Å²) in [7, 11) is 0. The number of carbonyl (C=O) groups is 1.